The fraction of sp³-hybridized carbons (Fsp3) is 0.0556. The van der Waals surface area contributed by atoms with Gasteiger partial charge in [0.25, 0.3) is 5.56 Å². The molecule has 25 heavy (non-hydrogen) atoms. The normalized spacial score (nSPS) is 10.9. The average Bonchev–Trinajstić information content (AvgIpc) is 3.27. The summed E-state index contributed by atoms with van der Waals surface area (Å²) in [6.07, 6.45) is 0. The molecule has 124 valence electrons. The Balaban J connectivity index is 1.74. The molecule has 0 aliphatic rings. The number of thioether (sulfide) groups is 1. The van der Waals surface area contributed by atoms with E-state index in [0.29, 0.717) is 5.75 Å². The maximum atomic E-state index is 11.2. The van der Waals surface area contributed by atoms with E-state index in [9.17, 15) is 4.79 Å². The van der Waals surface area contributed by atoms with Crippen LogP contribution in [0.1, 0.15) is 5.69 Å². The summed E-state index contributed by atoms with van der Waals surface area (Å²) in [5.74, 6) is 1.38. The Hall–Kier alpha value is -3.06. The molecule has 4 rings (SSSR count). The van der Waals surface area contributed by atoms with Gasteiger partial charge in [-0.2, -0.15) is 0 Å². The molecular formula is C18H15N5OS. The van der Waals surface area contributed by atoms with Crippen molar-refractivity contribution in [3.05, 3.63) is 82.8 Å². The number of H-pyrrole nitrogens is 2. The Morgan fingerprint density at radius 1 is 0.920 bits per heavy atom. The van der Waals surface area contributed by atoms with Gasteiger partial charge in [-0.05, 0) is 12.1 Å². The van der Waals surface area contributed by atoms with E-state index in [4.69, 9.17) is 0 Å². The van der Waals surface area contributed by atoms with Gasteiger partial charge in [0.05, 0.1) is 0 Å². The minimum atomic E-state index is -0.134. The molecule has 2 aromatic carbocycles. The van der Waals surface area contributed by atoms with Gasteiger partial charge in [0, 0.05) is 28.8 Å². The highest BCUT2D eigenvalue weighted by atomic mass is 32.2. The summed E-state index contributed by atoms with van der Waals surface area (Å²) >= 11 is 1.52. The van der Waals surface area contributed by atoms with Crippen molar-refractivity contribution in [1.29, 1.82) is 0 Å². The molecule has 0 spiro atoms. The molecule has 2 N–H and O–H groups in total. The lowest BCUT2D eigenvalue weighted by Crippen LogP contribution is -1.99. The van der Waals surface area contributed by atoms with Gasteiger partial charge in [-0.3, -0.25) is 14.5 Å². The van der Waals surface area contributed by atoms with Crippen LogP contribution in [0.15, 0.2) is 76.7 Å². The molecule has 2 aromatic heterocycles. The number of nitrogens with zero attached hydrogens (tertiary/aromatic N) is 3. The first-order valence-electron chi connectivity index (χ1n) is 7.77. The van der Waals surface area contributed by atoms with Crippen molar-refractivity contribution in [3.8, 4) is 17.1 Å². The lowest BCUT2D eigenvalue weighted by Gasteiger charge is -2.10. The number of aromatic nitrogens is 5. The molecule has 2 heterocycles. The molecule has 0 aliphatic heterocycles. The van der Waals surface area contributed by atoms with Crippen LogP contribution in [0.2, 0.25) is 0 Å². The zero-order valence-corrected chi connectivity index (χ0v) is 14.0. The Kier molecular flexibility index (Phi) is 4.22. The molecule has 0 saturated heterocycles. The van der Waals surface area contributed by atoms with Crippen LogP contribution < -0.4 is 5.56 Å². The van der Waals surface area contributed by atoms with Gasteiger partial charge < -0.3 is 5.10 Å². The van der Waals surface area contributed by atoms with E-state index >= 15 is 0 Å². The second-order valence-corrected chi connectivity index (χ2v) is 6.36. The summed E-state index contributed by atoms with van der Waals surface area (Å²) in [5, 5.41) is 14.9. The predicted molar refractivity (Wildman–Crippen MR) is 97.8 cm³/mol. The smallest absolute Gasteiger partial charge is 0.264 e. The Morgan fingerprint density at radius 3 is 2.32 bits per heavy atom. The molecule has 0 radical (unpaired) electrons. The number of benzene rings is 2. The van der Waals surface area contributed by atoms with Crippen molar-refractivity contribution in [2.45, 2.75) is 10.9 Å². The standard InChI is InChI=1S/C18H15N5OS/c24-16-11-14(19-20-16)12-25-18-22-21-17(13-7-3-1-4-8-13)23(18)15-9-5-2-6-10-15/h1-11H,12H2,(H2,19,20,24). The zero-order valence-electron chi connectivity index (χ0n) is 13.2. The third kappa shape index (κ3) is 3.27. The zero-order chi connectivity index (χ0) is 17.1. The minimum absolute atomic E-state index is 0.134. The molecule has 0 unspecified atom stereocenters. The first-order valence-corrected chi connectivity index (χ1v) is 8.75. The van der Waals surface area contributed by atoms with Crippen LogP contribution in [0.3, 0.4) is 0 Å². The van der Waals surface area contributed by atoms with Crippen molar-refractivity contribution < 1.29 is 0 Å². The summed E-state index contributed by atoms with van der Waals surface area (Å²) in [7, 11) is 0. The number of rotatable bonds is 5. The first kappa shape index (κ1) is 15.5. The van der Waals surface area contributed by atoms with Crippen LogP contribution >= 0.6 is 11.8 Å². The molecule has 4 aromatic rings. The van der Waals surface area contributed by atoms with E-state index in [1.165, 1.54) is 11.8 Å². The SMILES string of the molecule is O=c1cc(CSc2nnc(-c3ccccc3)n2-c2ccccc2)[nH][nH]1. The number of para-hydroxylation sites is 1. The lowest BCUT2D eigenvalue weighted by atomic mass is 10.2. The van der Waals surface area contributed by atoms with Crippen LogP contribution in [0.25, 0.3) is 17.1 Å². The van der Waals surface area contributed by atoms with E-state index in [1.54, 1.807) is 6.07 Å². The minimum Gasteiger partial charge on any atom is -0.301 e. The van der Waals surface area contributed by atoms with E-state index < -0.39 is 0 Å². The van der Waals surface area contributed by atoms with E-state index in [1.807, 2.05) is 65.2 Å². The predicted octanol–water partition coefficient (Wildman–Crippen LogP) is 3.24. The van der Waals surface area contributed by atoms with Crippen molar-refractivity contribution >= 4 is 11.8 Å². The highest BCUT2D eigenvalue weighted by Gasteiger charge is 2.16. The molecule has 0 amide bonds. The van der Waals surface area contributed by atoms with Gasteiger partial charge in [-0.1, -0.05) is 60.3 Å². The van der Waals surface area contributed by atoms with Crippen LogP contribution in [-0.4, -0.2) is 25.0 Å². The van der Waals surface area contributed by atoms with Gasteiger partial charge in [0.2, 0.25) is 0 Å². The topological polar surface area (TPSA) is 79.4 Å². The first-order chi connectivity index (χ1) is 12.3. The Labute approximate surface area is 147 Å². The fourth-order valence-corrected chi connectivity index (χ4v) is 3.40. The lowest BCUT2D eigenvalue weighted by molar-refractivity contribution is 0.884. The van der Waals surface area contributed by atoms with Gasteiger partial charge in [0.1, 0.15) is 0 Å². The molecule has 0 saturated carbocycles. The van der Waals surface area contributed by atoms with E-state index in [0.717, 1.165) is 27.9 Å². The van der Waals surface area contributed by atoms with Crippen molar-refractivity contribution in [1.82, 2.24) is 25.0 Å². The summed E-state index contributed by atoms with van der Waals surface area (Å²) in [5.41, 5.74) is 2.68. The van der Waals surface area contributed by atoms with Gasteiger partial charge in [-0.15, -0.1) is 10.2 Å². The Bertz CT molecular complexity index is 1020. The molecule has 6 nitrogen and oxygen atoms in total. The maximum absolute atomic E-state index is 11.2. The largest absolute Gasteiger partial charge is 0.301 e. The number of hydrogen-bond acceptors (Lipinski definition) is 4. The molecule has 7 heteroatoms. The van der Waals surface area contributed by atoms with Crippen molar-refractivity contribution in [2.24, 2.45) is 0 Å². The molecule has 0 bridgehead atoms. The van der Waals surface area contributed by atoms with Gasteiger partial charge in [0.15, 0.2) is 11.0 Å². The second kappa shape index (κ2) is 6.82. The summed E-state index contributed by atoms with van der Waals surface area (Å²) < 4.78 is 2.03. The van der Waals surface area contributed by atoms with Crippen molar-refractivity contribution in [2.75, 3.05) is 0 Å². The fourth-order valence-electron chi connectivity index (χ4n) is 2.54. The average molecular weight is 349 g/mol. The van der Waals surface area contributed by atoms with Gasteiger partial charge >= 0.3 is 0 Å². The number of hydrogen-bond donors (Lipinski definition) is 2. The van der Waals surface area contributed by atoms with Crippen molar-refractivity contribution in [3.63, 3.8) is 0 Å². The molecule has 0 aliphatic carbocycles. The third-order valence-corrected chi connectivity index (χ3v) is 4.67. The monoisotopic (exact) mass is 349 g/mol. The summed E-state index contributed by atoms with van der Waals surface area (Å²) in [6.45, 7) is 0. The summed E-state index contributed by atoms with van der Waals surface area (Å²) in [6, 6.07) is 21.5. The maximum Gasteiger partial charge on any atom is 0.264 e. The van der Waals surface area contributed by atoms with E-state index in [2.05, 4.69) is 20.4 Å². The quantitative estimate of drug-likeness (QED) is 0.542. The van der Waals surface area contributed by atoms with Crippen LogP contribution in [0, 0.1) is 0 Å². The van der Waals surface area contributed by atoms with Crippen LogP contribution in [0.5, 0.6) is 0 Å². The van der Waals surface area contributed by atoms with Gasteiger partial charge in [-0.25, -0.2) is 0 Å². The Morgan fingerprint density at radius 2 is 1.64 bits per heavy atom. The molecule has 0 fully saturated rings. The highest BCUT2D eigenvalue weighted by molar-refractivity contribution is 7.98. The van der Waals surface area contributed by atoms with Crippen LogP contribution in [-0.2, 0) is 5.75 Å². The molecular weight excluding hydrogens is 334 g/mol. The summed E-state index contributed by atoms with van der Waals surface area (Å²) in [4.78, 5) is 11.2. The number of nitrogens with one attached hydrogen (secondary N) is 2. The van der Waals surface area contributed by atoms with E-state index in [-0.39, 0.29) is 5.56 Å². The van der Waals surface area contributed by atoms with Crippen LogP contribution in [0.4, 0.5) is 0 Å². The second-order valence-electron chi connectivity index (χ2n) is 5.42. The number of aromatic amines is 2. The molecule has 0 atom stereocenters. The highest BCUT2D eigenvalue weighted by Crippen LogP contribution is 2.29. The third-order valence-electron chi connectivity index (χ3n) is 3.69.